The molecule has 0 saturated carbocycles. The largest absolute Gasteiger partial charge is 0.507 e. The van der Waals surface area contributed by atoms with Crippen LogP contribution in [0.25, 0.3) is 5.76 Å². The highest BCUT2D eigenvalue weighted by atomic mass is 16.3. The van der Waals surface area contributed by atoms with Gasteiger partial charge in [-0.25, -0.2) is 0 Å². The first-order valence-electron chi connectivity index (χ1n) is 6.67. The summed E-state index contributed by atoms with van der Waals surface area (Å²) in [7, 11) is 0. The Morgan fingerprint density at radius 2 is 2.13 bits per heavy atom. The third-order valence-corrected chi connectivity index (χ3v) is 3.09. The molecule has 0 aliphatic heterocycles. The number of aliphatic hydroxyl groups excluding tert-OH is 1. The number of carbonyl (C=O) groups is 1. The van der Waals surface area contributed by atoms with E-state index in [2.05, 4.69) is 25.7 Å². The minimum absolute atomic E-state index is 0.120. The van der Waals surface area contributed by atoms with E-state index >= 15 is 0 Å². The molecule has 2 aromatic heterocycles. The second kappa shape index (κ2) is 6.10. The summed E-state index contributed by atoms with van der Waals surface area (Å²) < 4.78 is 1.64. The van der Waals surface area contributed by atoms with Crippen molar-refractivity contribution in [2.75, 3.05) is 5.73 Å². The first kappa shape index (κ1) is 14.4. The van der Waals surface area contributed by atoms with Crippen molar-refractivity contribution in [3.05, 3.63) is 59.7 Å². The van der Waals surface area contributed by atoms with Gasteiger partial charge >= 0.3 is 0 Å². The standard InChI is InChI=1S/C14H13N7O2/c15-11-3-1-9(2-4-11)7-21-8-10(6-16-21)12(22)5-13(23)14-17-19-20-18-14/h1-6,8,22H,7,15H2,(H,17,18,19,20). The molecule has 116 valence electrons. The number of benzene rings is 1. The van der Waals surface area contributed by atoms with Crippen LogP contribution in [0, 0.1) is 0 Å². The van der Waals surface area contributed by atoms with Gasteiger partial charge in [0, 0.05) is 18.0 Å². The van der Waals surface area contributed by atoms with E-state index in [4.69, 9.17) is 5.73 Å². The van der Waals surface area contributed by atoms with E-state index in [0.29, 0.717) is 17.8 Å². The van der Waals surface area contributed by atoms with Crippen molar-refractivity contribution in [3.63, 3.8) is 0 Å². The molecule has 0 unspecified atom stereocenters. The second-order valence-corrected chi connectivity index (χ2v) is 4.80. The van der Waals surface area contributed by atoms with E-state index in [1.807, 2.05) is 12.1 Å². The van der Waals surface area contributed by atoms with Crippen LogP contribution in [0.1, 0.15) is 21.7 Å². The maximum atomic E-state index is 11.8. The third kappa shape index (κ3) is 3.40. The molecule has 0 aliphatic rings. The molecular formula is C14H13N7O2. The molecule has 0 aliphatic carbocycles. The number of rotatable bonds is 5. The maximum absolute atomic E-state index is 11.8. The summed E-state index contributed by atoms with van der Waals surface area (Å²) in [5.41, 5.74) is 7.76. The molecule has 3 rings (SSSR count). The zero-order valence-electron chi connectivity index (χ0n) is 11.9. The molecular weight excluding hydrogens is 298 g/mol. The van der Waals surface area contributed by atoms with Gasteiger partial charge in [0.1, 0.15) is 5.76 Å². The number of nitrogen functional groups attached to an aromatic ring is 1. The van der Waals surface area contributed by atoms with E-state index in [0.717, 1.165) is 11.6 Å². The van der Waals surface area contributed by atoms with Crippen LogP contribution in [0.5, 0.6) is 0 Å². The predicted molar refractivity (Wildman–Crippen MR) is 81.3 cm³/mol. The Morgan fingerprint density at radius 1 is 1.35 bits per heavy atom. The van der Waals surface area contributed by atoms with Gasteiger partial charge in [0.15, 0.2) is 0 Å². The number of H-pyrrole nitrogens is 1. The molecule has 0 spiro atoms. The van der Waals surface area contributed by atoms with Crippen molar-refractivity contribution < 1.29 is 9.90 Å². The van der Waals surface area contributed by atoms with E-state index in [1.165, 1.54) is 6.20 Å². The van der Waals surface area contributed by atoms with Crippen molar-refractivity contribution in [3.8, 4) is 0 Å². The van der Waals surface area contributed by atoms with E-state index in [-0.39, 0.29) is 11.6 Å². The van der Waals surface area contributed by atoms with Crippen LogP contribution in [-0.4, -0.2) is 41.3 Å². The zero-order chi connectivity index (χ0) is 16.2. The SMILES string of the molecule is Nc1ccc(Cn2cc(C(O)=CC(=O)c3nn[nH]n3)cn2)cc1. The number of aromatic amines is 1. The zero-order valence-corrected chi connectivity index (χ0v) is 11.9. The molecule has 0 bridgehead atoms. The fourth-order valence-corrected chi connectivity index (χ4v) is 1.93. The van der Waals surface area contributed by atoms with Gasteiger partial charge < -0.3 is 10.8 Å². The lowest BCUT2D eigenvalue weighted by molar-refractivity contribution is 0.103. The van der Waals surface area contributed by atoms with Crippen LogP contribution in [0.2, 0.25) is 0 Å². The molecule has 0 radical (unpaired) electrons. The highest BCUT2D eigenvalue weighted by Crippen LogP contribution is 2.13. The van der Waals surface area contributed by atoms with E-state index in [9.17, 15) is 9.90 Å². The first-order valence-corrected chi connectivity index (χ1v) is 6.67. The molecule has 23 heavy (non-hydrogen) atoms. The number of nitrogens with two attached hydrogens (primary N) is 1. The molecule has 0 atom stereocenters. The minimum atomic E-state index is -0.553. The molecule has 9 nitrogen and oxygen atoms in total. The summed E-state index contributed by atoms with van der Waals surface area (Å²) in [4.78, 5) is 11.8. The summed E-state index contributed by atoms with van der Waals surface area (Å²) in [5.74, 6) is -0.892. The molecule has 4 N–H and O–H groups in total. The number of nitrogens with zero attached hydrogens (tertiary/aromatic N) is 5. The lowest BCUT2D eigenvalue weighted by Gasteiger charge is -2.02. The van der Waals surface area contributed by atoms with Gasteiger partial charge in [-0.05, 0) is 22.9 Å². The summed E-state index contributed by atoms with van der Waals surface area (Å²) in [6.07, 6.45) is 4.12. The quantitative estimate of drug-likeness (QED) is 0.274. The third-order valence-electron chi connectivity index (χ3n) is 3.09. The van der Waals surface area contributed by atoms with Crippen molar-refractivity contribution >= 4 is 17.2 Å². The van der Waals surface area contributed by atoms with Crippen LogP contribution in [0.15, 0.2) is 42.7 Å². The lowest BCUT2D eigenvalue weighted by Crippen LogP contribution is -2.00. The highest BCUT2D eigenvalue weighted by Gasteiger charge is 2.11. The number of hydrogen-bond donors (Lipinski definition) is 3. The van der Waals surface area contributed by atoms with E-state index in [1.54, 1.807) is 23.0 Å². The number of tetrazole rings is 1. The molecule has 9 heteroatoms. The summed E-state index contributed by atoms with van der Waals surface area (Å²) in [5, 5.41) is 26.7. The number of hydrogen-bond acceptors (Lipinski definition) is 7. The maximum Gasteiger partial charge on any atom is 0.244 e. The molecule has 3 aromatic rings. The Bertz CT molecular complexity index is 834. The van der Waals surface area contributed by atoms with Crippen molar-refractivity contribution in [1.82, 2.24) is 30.4 Å². The number of anilines is 1. The smallest absolute Gasteiger partial charge is 0.244 e. The Morgan fingerprint density at radius 3 is 2.83 bits per heavy atom. The minimum Gasteiger partial charge on any atom is -0.507 e. The average Bonchev–Trinajstić information content (AvgIpc) is 3.21. The van der Waals surface area contributed by atoms with Gasteiger partial charge in [0.05, 0.1) is 18.3 Å². The van der Waals surface area contributed by atoms with Gasteiger partial charge in [-0.2, -0.15) is 10.3 Å². The summed E-state index contributed by atoms with van der Waals surface area (Å²) >= 11 is 0. The Balaban J connectivity index is 1.73. The summed E-state index contributed by atoms with van der Waals surface area (Å²) in [6, 6.07) is 7.40. The Hall–Kier alpha value is -3.49. The fourth-order valence-electron chi connectivity index (χ4n) is 1.93. The number of ketones is 1. The predicted octanol–water partition coefficient (Wildman–Crippen LogP) is 0.808. The highest BCUT2D eigenvalue weighted by molar-refractivity contribution is 6.05. The number of aliphatic hydroxyl groups is 1. The number of aromatic nitrogens is 6. The second-order valence-electron chi connectivity index (χ2n) is 4.80. The molecule has 2 heterocycles. The topological polar surface area (TPSA) is 136 Å². The van der Waals surface area contributed by atoms with Crippen LogP contribution in [0.4, 0.5) is 5.69 Å². The number of allylic oxidation sites excluding steroid dienone is 1. The number of nitrogens with one attached hydrogen (secondary N) is 1. The van der Waals surface area contributed by atoms with Gasteiger partial charge in [-0.1, -0.05) is 12.1 Å². The van der Waals surface area contributed by atoms with Gasteiger partial charge in [0.2, 0.25) is 11.6 Å². The Kier molecular flexibility index (Phi) is 3.83. The molecule has 0 fully saturated rings. The average molecular weight is 311 g/mol. The van der Waals surface area contributed by atoms with Crippen molar-refractivity contribution in [2.24, 2.45) is 0 Å². The Labute approximate surface area is 130 Å². The molecule has 0 amide bonds. The van der Waals surface area contributed by atoms with Gasteiger partial charge in [-0.15, -0.1) is 10.2 Å². The van der Waals surface area contributed by atoms with Crippen LogP contribution in [0.3, 0.4) is 0 Å². The first-order chi connectivity index (χ1) is 11.1. The monoisotopic (exact) mass is 311 g/mol. The van der Waals surface area contributed by atoms with Gasteiger partial charge in [0.25, 0.3) is 0 Å². The van der Waals surface area contributed by atoms with Crippen molar-refractivity contribution in [1.29, 1.82) is 0 Å². The summed E-state index contributed by atoms with van der Waals surface area (Å²) in [6.45, 7) is 0.520. The normalized spacial score (nSPS) is 11.6. The lowest BCUT2D eigenvalue weighted by atomic mass is 10.2. The van der Waals surface area contributed by atoms with Crippen LogP contribution < -0.4 is 5.73 Å². The molecule has 1 aromatic carbocycles. The molecule has 0 saturated heterocycles. The van der Waals surface area contributed by atoms with Gasteiger partial charge in [-0.3, -0.25) is 9.48 Å². The van der Waals surface area contributed by atoms with Crippen LogP contribution in [-0.2, 0) is 6.54 Å². The fraction of sp³-hybridized carbons (Fsp3) is 0.0714. The van der Waals surface area contributed by atoms with Crippen LogP contribution >= 0.6 is 0 Å². The van der Waals surface area contributed by atoms with Crippen molar-refractivity contribution in [2.45, 2.75) is 6.54 Å². The van der Waals surface area contributed by atoms with E-state index < -0.39 is 5.78 Å². The number of carbonyl (C=O) groups excluding carboxylic acids is 1.